The summed E-state index contributed by atoms with van der Waals surface area (Å²) >= 11 is 1.81. The Morgan fingerprint density at radius 3 is 2.14 bits per heavy atom. The number of carbonyl (C=O) groups excluding carboxylic acids is 1. The third kappa shape index (κ3) is 6.95. The molecule has 3 fully saturated rings. The molecule has 3 aliphatic heterocycles. The van der Waals surface area contributed by atoms with Gasteiger partial charge in [0.15, 0.2) is 0 Å². The first-order valence-electron chi connectivity index (χ1n) is 13.7. The monoisotopic (exact) mass is 540 g/mol. The second-order valence-electron chi connectivity index (χ2n) is 12.1. The van der Waals surface area contributed by atoms with E-state index >= 15 is 0 Å². The van der Waals surface area contributed by atoms with Crippen molar-refractivity contribution in [1.82, 2.24) is 14.1 Å². The average molecular weight is 541 g/mol. The van der Waals surface area contributed by atoms with Gasteiger partial charge in [-0.1, -0.05) is 18.0 Å². The fourth-order valence-corrected chi connectivity index (χ4v) is 7.10. The Kier molecular flexibility index (Phi) is 8.76. The molecule has 37 heavy (non-hydrogen) atoms. The number of benzene rings is 1. The van der Waals surface area contributed by atoms with Gasteiger partial charge in [0.1, 0.15) is 0 Å². The van der Waals surface area contributed by atoms with Gasteiger partial charge in [-0.2, -0.15) is 13.2 Å². The molecule has 3 heterocycles. The van der Waals surface area contributed by atoms with E-state index in [1.807, 2.05) is 30.9 Å². The lowest BCUT2D eigenvalue weighted by atomic mass is 9.86. The largest absolute Gasteiger partial charge is 0.416 e. The number of hydrogen-bond donors (Lipinski definition) is 0. The van der Waals surface area contributed by atoms with Gasteiger partial charge in [-0.25, -0.2) is 0 Å². The van der Waals surface area contributed by atoms with Crippen LogP contribution in [0.2, 0.25) is 0 Å². The van der Waals surface area contributed by atoms with Crippen molar-refractivity contribution in [2.24, 2.45) is 5.92 Å². The van der Waals surface area contributed by atoms with Gasteiger partial charge in [0.25, 0.3) is 0 Å². The molecular formula is C28H43F3N4OS. The Bertz CT molecular complexity index is 932. The van der Waals surface area contributed by atoms with Crippen LogP contribution in [0.1, 0.15) is 69.9 Å². The van der Waals surface area contributed by atoms with Crippen LogP contribution < -0.4 is 4.90 Å². The molecule has 0 N–H and O–H groups in total. The van der Waals surface area contributed by atoms with Gasteiger partial charge in [-0.05, 0) is 97.1 Å². The van der Waals surface area contributed by atoms with Crippen molar-refractivity contribution in [3.8, 4) is 0 Å². The minimum absolute atomic E-state index is 0.0544. The molecule has 4 rings (SSSR count). The van der Waals surface area contributed by atoms with Crippen LogP contribution >= 0.6 is 11.9 Å². The van der Waals surface area contributed by atoms with E-state index in [0.717, 1.165) is 69.5 Å². The number of rotatable bonds is 5. The van der Waals surface area contributed by atoms with Crippen LogP contribution in [-0.2, 0) is 11.0 Å². The van der Waals surface area contributed by atoms with Gasteiger partial charge in [-0.15, -0.1) is 0 Å². The molecule has 1 aromatic carbocycles. The van der Waals surface area contributed by atoms with Crippen LogP contribution in [0.4, 0.5) is 18.9 Å². The molecule has 0 aromatic heterocycles. The maximum Gasteiger partial charge on any atom is 0.416 e. The minimum atomic E-state index is -4.36. The number of carbonyl (C=O) groups is 1. The van der Waals surface area contributed by atoms with Crippen molar-refractivity contribution in [2.45, 2.75) is 75.8 Å². The first-order valence-corrected chi connectivity index (χ1v) is 14.5. The van der Waals surface area contributed by atoms with E-state index in [9.17, 15) is 18.0 Å². The highest BCUT2D eigenvalue weighted by molar-refractivity contribution is 7.97. The summed E-state index contributed by atoms with van der Waals surface area (Å²) in [6.45, 7) is 11.2. The van der Waals surface area contributed by atoms with Crippen molar-refractivity contribution >= 4 is 23.5 Å². The molecule has 0 aliphatic carbocycles. The summed E-state index contributed by atoms with van der Waals surface area (Å²) in [5, 5.41) is 0.500. The average Bonchev–Trinajstić information content (AvgIpc) is 3.34. The number of amides is 1. The Labute approximate surface area is 224 Å². The molecule has 5 nitrogen and oxygen atoms in total. The lowest BCUT2D eigenvalue weighted by molar-refractivity contribution is -0.138. The quantitative estimate of drug-likeness (QED) is 0.447. The predicted molar refractivity (Wildman–Crippen MR) is 146 cm³/mol. The highest BCUT2D eigenvalue weighted by Gasteiger charge is 2.38. The summed E-state index contributed by atoms with van der Waals surface area (Å²) in [6.07, 6.45) is 0.0575. The third-order valence-corrected chi connectivity index (χ3v) is 9.42. The van der Waals surface area contributed by atoms with Gasteiger partial charge < -0.3 is 9.80 Å². The Hall–Kier alpha value is -1.45. The standard InChI is InChI=1S/C28H43F3N4OS/c1-27(2,3)35-17-10-21(19-35)26(36)34-13-8-20(9-14-34)24-7-6-22(28(29,30)31)18-25(24)33-15-11-23(12-16-33)37-32(4)5/h6-7,18,20-21,23H,8-17,19H2,1-5H3. The Morgan fingerprint density at radius 1 is 0.946 bits per heavy atom. The van der Waals surface area contributed by atoms with Crippen LogP contribution in [0.25, 0.3) is 0 Å². The molecule has 0 radical (unpaired) electrons. The first-order chi connectivity index (χ1) is 17.3. The van der Waals surface area contributed by atoms with Crippen molar-refractivity contribution < 1.29 is 18.0 Å². The van der Waals surface area contributed by atoms with E-state index in [0.29, 0.717) is 18.3 Å². The van der Waals surface area contributed by atoms with E-state index in [1.165, 1.54) is 12.1 Å². The molecule has 0 bridgehead atoms. The zero-order valence-electron chi connectivity index (χ0n) is 23.0. The minimum Gasteiger partial charge on any atom is -0.371 e. The van der Waals surface area contributed by atoms with Crippen molar-refractivity contribution in [3.63, 3.8) is 0 Å². The molecule has 208 valence electrons. The number of piperidine rings is 2. The summed E-state index contributed by atoms with van der Waals surface area (Å²) < 4.78 is 43.0. The summed E-state index contributed by atoms with van der Waals surface area (Å²) in [5.74, 6) is 0.474. The van der Waals surface area contributed by atoms with Crippen molar-refractivity contribution in [3.05, 3.63) is 29.3 Å². The van der Waals surface area contributed by atoms with Gasteiger partial charge in [0, 0.05) is 49.2 Å². The maximum atomic E-state index is 13.6. The van der Waals surface area contributed by atoms with E-state index in [4.69, 9.17) is 0 Å². The third-order valence-electron chi connectivity index (χ3n) is 8.23. The lowest BCUT2D eigenvalue weighted by Crippen LogP contribution is -2.44. The second kappa shape index (κ2) is 11.3. The number of alkyl halides is 3. The van der Waals surface area contributed by atoms with Gasteiger partial charge in [0.05, 0.1) is 11.5 Å². The molecule has 0 saturated carbocycles. The normalized spacial score (nSPS) is 23.3. The van der Waals surface area contributed by atoms with E-state index in [1.54, 1.807) is 6.07 Å². The summed E-state index contributed by atoms with van der Waals surface area (Å²) in [4.78, 5) is 19.8. The predicted octanol–water partition coefficient (Wildman–Crippen LogP) is 5.71. The number of halogens is 3. The van der Waals surface area contributed by atoms with Crippen LogP contribution in [0.15, 0.2) is 18.2 Å². The molecule has 0 spiro atoms. The zero-order valence-corrected chi connectivity index (χ0v) is 23.8. The van der Waals surface area contributed by atoms with Crippen LogP contribution in [-0.4, -0.2) is 84.2 Å². The molecule has 3 saturated heterocycles. The van der Waals surface area contributed by atoms with Crippen LogP contribution in [0.5, 0.6) is 0 Å². The molecule has 3 aliphatic rings. The zero-order chi connectivity index (χ0) is 27.0. The Balaban J connectivity index is 1.44. The fourth-order valence-electron chi connectivity index (χ4n) is 6.08. The van der Waals surface area contributed by atoms with E-state index in [-0.39, 0.29) is 23.3 Å². The molecule has 9 heteroatoms. The fraction of sp³-hybridized carbons (Fsp3) is 0.750. The van der Waals surface area contributed by atoms with Crippen LogP contribution in [0.3, 0.4) is 0 Å². The van der Waals surface area contributed by atoms with Gasteiger partial charge >= 0.3 is 6.18 Å². The number of anilines is 1. The van der Waals surface area contributed by atoms with E-state index in [2.05, 4.69) is 34.9 Å². The second-order valence-corrected chi connectivity index (χ2v) is 13.7. The number of likely N-dealkylation sites (tertiary alicyclic amines) is 2. The highest BCUT2D eigenvalue weighted by atomic mass is 32.2. The molecule has 1 amide bonds. The van der Waals surface area contributed by atoms with Gasteiger partial charge in [0.2, 0.25) is 5.91 Å². The summed E-state index contributed by atoms with van der Waals surface area (Å²) in [5.41, 5.74) is 1.25. The number of nitrogens with zero attached hydrogens (tertiary/aromatic N) is 4. The maximum absolute atomic E-state index is 13.6. The van der Waals surface area contributed by atoms with Crippen LogP contribution in [0, 0.1) is 5.92 Å². The van der Waals surface area contributed by atoms with Gasteiger partial charge in [-0.3, -0.25) is 14.0 Å². The smallest absolute Gasteiger partial charge is 0.371 e. The van der Waals surface area contributed by atoms with Crippen molar-refractivity contribution in [2.75, 3.05) is 58.3 Å². The molecular weight excluding hydrogens is 497 g/mol. The highest BCUT2D eigenvalue weighted by Crippen LogP contribution is 2.41. The number of hydrogen-bond acceptors (Lipinski definition) is 5. The molecule has 1 unspecified atom stereocenters. The Morgan fingerprint density at radius 2 is 1.59 bits per heavy atom. The first kappa shape index (κ1) is 28.6. The molecule has 1 atom stereocenters. The lowest BCUT2D eigenvalue weighted by Gasteiger charge is -2.39. The summed E-state index contributed by atoms with van der Waals surface area (Å²) in [6, 6.07) is 4.32. The molecule has 1 aromatic rings. The topological polar surface area (TPSA) is 30.0 Å². The SMILES string of the molecule is CN(C)SC1CCN(c2cc(C(F)(F)F)ccc2C2CCN(C(=O)C3CCN(C(C)(C)C)C3)CC2)CC1. The van der Waals surface area contributed by atoms with E-state index < -0.39 is 11.7 Å². The van der Waals surface area contributed by atoms with Crippen molar-refractivity contribution in [1.29, 1.82) is 0 Å². The summed E-state index contributed by atoms with van der Waals surface area (Å²) in [7, 11) is 4.07.